The Morgan fingerprint density at radius 3 is 2.33 bits per heavy atom. The van der Waals surface area contributed by atoms with Crippen LogP contribution in [0, 0.1) is 5.92 Å². The number of hydrogen-bond acceptors (Lipinski definition) is 2. The highest BCUT2D eigenvalue weighted by atomic mass is 15.2. The largest absolute Gasteiger partial charge is 0.330 e. The second-order valence-electron chi connectivity index (χ2n) is 5.38. The molecule has 2 fully saturated rings. The van der Waals surface area contributed by atoms with Gasteiger partial charge in [0.05, 0.1) is 0 Å². The highest BCUT2D eigenvalue weighted by Crippen LogP contribution is 2.26. The molecule has 2 aliphatic rings. The van der Waals surface area contributed by atoms with Crippen molar-refractivity contribution in [2.75, 3.05) is 19.6 Å². The molecule has 15 heavy (non-hydrogen) atoms. The number of hydrogen-bond donors (Lipinski definition) is 1. The normalized spacial score (nSPS) is 31.4. The molecule has 2 N–H and O–H groups in total. The standard InChI is InChI=1S/C13H26N2/c14-10-12-6-5-9-15(11-12)13-7-3-1-2-4-8-13/h12-13H,1-11,14H2. The van der Waals surface area contributed by atoms with Crippen molar-refractivity contribution in [3.63, 3.8) is 0 Å². The highest BCUT2D eigenvalue weighted by Gasteiger charge is 2.25. The molecule has 2 nitrogen and oxygen atoms in total. The van der Waals surface area contributed by atoms with Crippen molar-refractivity contribution in [2.45, 2.75) is 57.4 Å². The molecule has 1 heterocycles. The van der Waals surface area contributed by atoms with E-state index in [9.17, 15) is 0 Å². The molecule has 1 aliphatic heterocycles. The van der Waals surface area contributed by atoms with Gasteiger partial charge in [-0.15, -0.1) is 0 Å². The molecule has 0 bridgehead atoms. The van der Waals surface area contributed by atoms with Crippen molar-refractivity contribution in [3.8, 4) is 0 Å². The summed E-state index contributed by atoms with van der Waals surface area (Å²) < 4.78 is 0. The first-order valence-corrected chi connectivity index (χ1v) is 6.84. The minimum Gasteiger partial charge on any atom is -0.330 e. The summed E-state index contributed by atoms with van der Waals surface area (Å²) in [6.45, 7) is 3.51. The minimum atomic E-state index is 0.780. The van der Waals surface area contributed by atoms with E-state index in [0.717, 1.165) is 18.5 Å². The van der Waals surface area contributed by atoms with Crippen LogP contribution in [0.25, 0.3) is 0 Å². The van der Waals surface area contributed by atoms with Gasteiger partial charge in [-0.25, -0.2) is 0 Å². The van der Waals surface area contributed by atoms with Gasteiger partial charge in [-0.05, 0) is 44.7 Å². The van der Waals surface area contributed by atoms with Gasteiger partial charge in [0, 0.05) is 12.6 Å². The van der Waals surface area contributed by atoms with E-state index in [1.54, 1.807) is 0 Å². The van der Waals surface area contributed by atoms with Crippen LogP contribution in [0.4, 0.5) is 0 Å². The first-order valence-electron chi connectivity index (χ1n) is 6.84. The molecule has 1 saturated carbocycles. The molecule has 1 aliphatic carbocycles. The van der Waals surface area contributed by atoms with E-state index in [-0.39, 0.29) is 0 Å². The molecule has 2 rings (SSSR count). The smallest absolute Gasteiger partial charge is 0.00953 e. The van der Waals surface area contributed by atoms with Crippen molar-refractivity contribution in [2.24, 2.45) is 11.7 Å². The van der Waals surface area contributed by atoms with Crippen molar-refractivity contribution in [1.29, 1.82) is 0 Å². The Morgan fingerprint density at radius 2 is 1.67 bits per heavy atom. The quantitative estimate of drug-likeness (QED) is 0.709. The van der Waals surface area contributed by atoms with Crippen LogP contribution in [0.15, 0.2) is 0 Å². The lowest BCUT2D eigenvalue weighted by Crippen LogP contribution is -2.44. The molecular formula is C13H26N2. The second-order valence-corrected chi connectivity index (χ2v) is 5.38. The molecule has 1 unspecified atom stereocenters. The van der Waals surface area contributed by atoms with Crippen molar-refractivity contribution in [3.05, 3.63) is 0 Å². The van der Waals surface area contributed by atoms with Crippen LogP contribution in [0.2, 0.25) is 0 Å². The molecule has 1 atom stereocenters. The molecule has 88 valence electrons. The van der Waals surface area contributed by atoms with E-state index >= 15 is 0 Å². The van der Waals surface area contributed by atoms with E-state index in [0.29, 0.717) is 0 Å². The van der Waals surface area contributed by atoms with Crippen molar-refractivity contribution >= 4 is 0 Å². The van der Waals surface area contributed by atoms with Crippen molar-refractivity contribution in [1.82, 2.24) is 4.90 Å². The zero-order valence-corrected chi connectivity index (χ0v) is 9.96. The summed E-state index contributed by atoms with van der Waals surface area (Å²) in [5.74, 6) is 0.780. The molecular weight excluding hydrogens is 184 g/mol. The maximum Gasteiger partial charge on any atom is 0.00953 e. The molecule has 0 spiro atoms. The van der Waals surface area contributed by atoms with Gasteiger partial charge in [0.25, 0.3) is 0 Å². The summed E-state index contributed by atoms with van der Waals surface area (Å²) in [5, 5.41) is 0. The van der Waals surface area contributed by atoms with E-state index in [4.69, 9.17) is 5.73 Å². The summed E-state index contributed by atoms with van der Waals surface area (Å²) in [6, 6.07) is 0.891. The Balaban J connectivity index is 1.84. The first-order chi connectivity index (χ1) is 7.40. The topological polar surface area (TPSA) is 29.3 Å². The Kier molecular flexibility index (Phi) is 4.45. The SMILES string of the molecule is NCC1CCCN(C2CCCCCC2)C1. The Hall–Kier alpha value is -0.0800. The average molecular weight is 210 g/mol. The lowest BCUT2D eigenvalue weighted by atomic mass is 9.95. The molecule has 0 aromatic rings. The maximum atomic E-state index is 5.80. The summed E-state index contributed by atoms with van der Waals surface area (Å²) in [5.41, 5.74) is 5.80. The minimum absolute atomic E-state index is 0.780. The lowest BCUT2D eigenvalue weighted by molar-refractivity contribution is 0.115. The van der Waals surface area contributed by atoms with E-state index in [1.807, 2.05) is 0 Å². The highest BCUT2D eigenvalue weighted by molar-refractivity contribution is 4.80. The second kappa shape index (κ2) is 5.86. The van der Waals surface area contributed by atoms with Gasteiger partial charge in [0.1, 0.15) is 0 Å². The fourth-order valence-electron chi connectivity index (χ4n) is 3.24. The third-order valence-electron chi connectivity index (χ3n) is 4.22. The van der Waals surface area contributed by atoms with Gasteiger partial charge in [-0.1, -0.05) is 25.7 Å². The predicted molar refractivity (Wildman–Crippen MR) is 64.8 cm³/mol. The lowest BCUT2D eigenvalue weighted by Gasteiger charge is -2.37. The van der Waals surface area contributed by atoms with Crippen LogP contribution >= 0.6 is 0 Å². The van der Waals surface area contributed by atoms with Crippen LogP contribution in [-0.4, -0.2) is 30.6 Å². The third-order valence-corrected chi connectivity index (χ3v) is 4.22. The van der Waals surface area contributed by atoms with Crippen LogP contribution in [0.5, 0.6) is 0 Å². The molecule has 2 heteroatoms. The van der Waals surface area contributed by atoms with Crippen LogP contribution in [-0.2, 0) is 0 Å². The van der Waals surface area contributed by atoms with Gasteiger partial charge >= 0.3 is 0 Å². The monoisotopic (exact) mass is 210 g/mol. The molecule has 0 amide bonds. The van der Waals surface area contributed by atoms with Crippen LogP contribution in [0.1, 0.15) is 51.4 Å². The molecule has 0 aromatic heterocycles. The van der Waals surface area contributed by atoms with Gasteiger partial charge < -0.3 is 10.6 Å². The molecule has 0 aromatic carbocycles. The van der Waals surface area contributed by atoms with Gasteiger partial charge in [0.15, 0.2) is 0 Å². The van der Waals surface area contributed by atoms with Crippen LogP contribution < -0.4 is 5.73 Å². The zero-order valence-electron chi connectivity index (χ0n) is 9.96. The Labute approximate surface area is 94.2 Å². The fourth-order valence-corrected chi connectivity index (χ4v) is 3.24. The average Bonchev–Trinajstić information content (AvgIpc) is 2.58. The summed E-state index contributed by atoms with van der Waals surface area (Å²) in [7, 11) is 0. The summed E-state index contributed by atoms with van der Waals surface area (Å²) in [6.07, 6.45) is 11.4. The number of likely N-dealkylation sites (tertiary alicyclic amines) is 1. The summed E-state index contributed by atoms with van der Waals surface area (Å²) in [4.78, 5) is 2.74. The Bertz CT molecular complexity index is 173. The number of rotatable bonds is 2. The Morgan fingerprint density at radius 1 is 0.933 bits per heavy atom. The summed E-state index contributed by atoms with van der Waals surface area (Å²) >= 11 is 0. The van der Waals surface area contributed by atoms with Crippen LogP contribution in [0.3, 0.4) is 0 Å². The van der Waals surface area contributed by atoms with E-state index < -0.39 is 0 Å². The zero-order chi connectivity index (χ0) is 10.5. The third kappa shape index (κ3) is 3.18. The number of nitrogens with zero attached hydrogens (tertiary/aromatic N) is 1. The fraction of sp³-hybridized carbons (Fsp3) is 1.00. The van der Waals surface area contributed by atoms with Gasteiger partial charge in [-0.3, -0.25) is 0 Å². The van der Waals surface area contributed by atoms with Crippen molar-refractivity contribution < 1.29 is 0 Å². The number of piperidine rings is 1. The molecule has 0 radical (unpaired) electrons. The van der Waals surface area contributed by atoms with Gasteiger partial charge in [0.2, 0.25) is 0 Å². The van der Waals surface area contributed by atoms with Gasteiger partial charge in [-0.2, -0.15) is 0 Å². The first kappa shape index (κ1) is 11.4. The van der Waals surface area contributed by atoms with E-state index in [1.165, 1.54) is 64.5 Å². The number of nitrogens with two attached hydrogens (primary N) is 1. The van der Waals surface area contributed by atoms with E-state index in [2.05, 4.69) is 4.90 Å². The predicted octanol–water partition coefficient (Wildman–Crippen LogP) is 2.38. The maximum absolute atomic E-state index is 5.80. The molecule has 1 saturated heterocycles.